The molecule has 0 amide bonds. The van der Waals surface area contributed by atoms with Crippen molar-refractivity contribution in [3.63, 3.8) is 0 Å². The smallest absolute Gasteiger partial charge is 0.306 e. The Balaban J connectivity index is 1.81. The van der Waals surface area contributed by atoms with Crippen LogP contribution in [0.25, 0.3) is 0 Å². The molecule has 0 bridgehead atoms. The number of allylic oxidation sites excluding steroid dienone is 4. The molecule has 0 heterocycles. The van der Waals surface area contributed by atoms with Crippen molar-refractivity contribution in [2.45, 2.75) is 77.9 Å². The number of hydrogen-bond acceptors (Lipinski definition) is 7. The van der Waals surface area contributed by atoms with Gasteiger partial charge in [-0.15, -0.1) is 10.1 Å². The van der Waals surface area contributed by atoms with Crippen LogP contribution in [0.4, 0.5) is 0 Å². The van der Waals surface area contributed by atoms with Crippen LogP contribution in [0.2, 0.25) is 0 Å². The molecule has 4 aliphatic rings. The number of esters is 1. The zero-order valence-corrected chi connectivity index (χ0v) is 19.1. The third-order valence-corrected chi connectivity index (χ3v) is 8.96. The van der Waals surface area contributed by atoms with Crippen molar-refractivity contribution in [2.24, 2.45) is 28.6 Å². The number of rotatable bonds is 5. The monoisotopic (exact) mass is 445 g/mol. The number of ether oxygens (including phenoxy) is 1. The molecule has 0 N–H and O–H groups in total. The van der Waals surface area contributed by atoms with Gasteiger partial charge < -0.3 is 9.57 Å². The summed E-state index contributed by atoms with van der Waals surface area (Å²) in [5.41, 5.74) is -1.61. The molecule has 32 heavy (non-hydrogen) atoms. The van der Waals surface area contributed by atoms with E-state index in [1.165, 1.54) is 6.92 Å². The van der Waals surface area contributed by atoms with Gasteiger partial charge in [-0.2, -0.15) is 0 Å². The molecule has 174 valence electrons. The number of hydrogen-bond donors (Lipinski definition) is 0. The fourth-order valence-corrected chi connectivity index (χ4v) is 7.57. The average Bonchev–Trinajstić information content (AvgIpc) is 3.00. The van der Waals surface area contributed by atoms with Crippen LogP contribution in [0.15, 0.2) is 23.8 Å². The summed E-state index contributed by atoms with van der Waals surface area (Å²) in [6.45, 7) is 7.11. The molecule has 8 heteroatoms. The van der Waals surface area contributed by atoms with Crippen LogP contribution >= 0.6 is 0 Å². The van der Waals surface area contributed by atoms with Crippen LogP contribution in [-0.4, -0.2) is 34.3 Å². The Morgan fingerprint density at radius 2 is 2.00 bits per heavy atom. The molecular formula is C24H31NO7. The molecule has 8 nitrogen and oxygen atoms in total. The summed E-state index contributed by atoms with van der Waals surface area (Å²) < 4.78 is 5.88. The van der Waals surface area contributed by atoms with E-state index in [2.05, 4.69) is 0 Å². The number of carbonyl (C=O) groups excluding carboxylic acids is 3. The molecule has 0 aromatic carbocycles. The number of carbonyl (C=O) groups is 3. The molecule has 0 saturated heterocycles. The summed E-state index contributed by atoms with van der Waals surface area (Å²) in [6, 6.07) is 0. The minimum Gasteiger partial charge on any atom is -0.450 e. The Labute approximate surface area is 187 Å². The first-order chi connectivity index (χ1) is 15.0. The summed E-state index contributed by atoms with van der Waals surface area (Å²) in [5.74, 6) is -0.831. The van der Waals surface area contributed by atoms with Gasteiger partial charge in [0.1, 0.15) is 6.10 Å². The van der Waals surface area contributed by atoms with Gasteiger partial charge in [-0.25, -0.2) is 0 Å². The van der Waals surface area contributed by atoms with Crippen molar-refractivity contribution in [3.8, 4) is 0 Å². The molecule has 0 spiro atoms. The van der Waals surface area contributed by atoms with Gasteiger partial charge in [0.25, 0.3) is 5.09 Å². The molecule has 0 unspecified atom stereocenters. The second kappa shape index (κ2) is 7.52. The maximum atomic E-state index is 13.0. The normalized spacial score (nSPS) is 42.2. The molecule has 3 fully saturated rings. The van der Waals surface area contributed by atoms with E-state index >= 15 is 0 Å². The lowest BCUT2D eigenvalue weighted by atomic mass is 9.46. The standard InChI is InChI=1S/C24H31NO7/c1-5-20(28)31-24(14(2)26)11-9-18-17-7-6-15-12-16(27)8-10-22(15,3)21(17)19(32-25(29)30)13-23(18,24)4/h8,10,12,17-19,21H,5-7,9,11,13H2,1-4H3/t17-,18-,19-,21+,22-,23-,24-/m0/s1. The van der Waals surface area contributed by atoms with E-state index in [0.717, 1.165) is 12.0 Å². The predicted molar refractivity (Wildman–Crippen MR) is 114 cm³/mol. The number of nitrogens with zero attached hydrogens (tertiary/aromatic N) is 1. The van der Waals surface area contributed by atoms with Crippen molar-refractivity contribution in [1.82, 2.24) is 0 Å². The van der Waals surface area contributed by atoms with E-state index in [1.54, 1.807) is 19.1 Å². The maximum Gasteiger partial charge on any atom is 0.306 e. The lowest BCUT2D eigenvalue weighted by Gasteiger charge is -2.60. The molecule has 4 aliphatic carbocycles. The highest BCUT2D eigenvalue weighted by Gasteiger charge is 2.70. The van der Waals surface area contributed by atoms with Gasteiger partial charge >= 0.3 is 5.97 Å². The van der Waals surface area contributed by atoms with Gasteiger partial charge in [-0.3, -0.25) is 14.4 Å². The molecule has 0 radical (unpaired) electrons. The fourth-order valence-electron chi connectivity index (χ4n) is 7.57. The Morgan fingerprint density at radius 1 is 1.28 bits per heavy atom. The highest BCUT2D eigenvalue weighted by atomic mass is 17.0. The second-order valence-corrected chi connectivity index (χ2v) is 10.3. The summed E-state index contributed by atoms with van der Waals surface area (Å²) in [5, 5.41) is 10.8. The van der Waals surface area contributed by atoms with Gasteiger partial charge in [0.2, 0.25) is 0 Å². The van der Waals surface area contributed by atoms with Crippen molar-refractivity contribution < 1.29 is 29.0 Å². The van der Waals surface area contributed by atoms with E-state index < -0.39 is 33.6 Å². The second-order valence-electron chi connectivity index (χ2n) is 10.3. The summed E-state index contributed by atoms with van der Waals surface area (Å²) in [6.07, 6.45) is 7.28. The van der Waals surface area contributed by atoms with Crippen molar-refractivity contribution in [1.29, 1.82) is 0 Å². The Morgan fingerprint density at radius 3 is 2.62 bits per heavy atom. The van der Waals surface area contributed by atoms with E-state index in [0.29, 0.717) is 19.3 Å². The van der Waals surface area contributed by atoms with E-state index in [1.807, 2.05) is 19.9 Å². The zero-order valence-electron chi connectivity index (χ0n) is 19.1. The lowest BCUT2D eigenvalue weighted by Crippen LogP contribution is -2.62. The first kappa shape index (κ1) is 22.7. The van der Waals surface area contributed by atoms with Gasteiger partial charge in [0.15, 0.2) is 17.2 Å². The molecule has 4 rings (SSSR count). The Hall–Kier alpha value is -2.51. The van der Waals surface area contributed by atoms with Crippen molar-refractivity contribution in [3.05, 3.63) is 33.9 Å². The van der Waals surface area contributed by atoms with Crippen molar-refractivity contribution in [2.75, 3.05) is 0 Å². The Bertz CT molecular complexity index is 939. The molecular weight excluding hydrogens is 414 g/mol. The molecule has 0 aliphatic heterocycles. The highest BCUT2D eigenvalue weighted by Crippen LogP contribution is 2.68. The van der Waals surface area contributed by atoms with Crippen LogP contribution < -0.4 is 0 Å². The summed E-state index contributed by atoms with van der Waals surface area (Å²) in [4.78, 5) is 54.2. The zero-order chi connectivity index (χ0) is 23.5. The predicted octanol–water partition coefficient (Wildman–Crippen LogP) is 3.76. The first-order valence-electron chi connectivity index (χ1n) is 11.5. The lowest BCUT2D eigenvalue weighted by molar-refractivity contribution is -0.773. The molecule has 7 atom stereocenters. The minimum atomic E-state index is -1.30. The summed E-state index contributed by atoms with van der Waals surface area (Å²) in [7, 11) is 0. The van der Waals surface area contributed by atoms with Crippen LogP contribution in [0.3, 0.4) is 0 Å². The number of ketones is 2. The minimum absolute atomic E-state index is 0.0419. The third-order valence-electron chi connectivity index (χ3n) is 8.96. The van der Waals surface area contributed by atoms with E-state index in [9.17, 15) is 24.5 Å². The van der Waals surface area contributed by atoms with Crippen LogP contribution in [0, 0.1) is 38.7 Å². The third kappa shape index (κ3) is 3.05. The van der Waals surface area contributed by atoms with Gasteiger partial charge in [-0.1, -0.05) is 32.4 Å². The van der Waals surface area contributed by atoms with Crippen LogP contribution in [0.5, 0.6) is 0 Å². The highest BCUT2D eigenvalue weighted by molar-refractivity contribution is 6.01. The van der Waals surface area contributed by atoms with Gasteiger partial charge in [0, 0.05) is 23.2 Å². The van der Waals surface area contributed by atoms with Crippen molar-refractivity contribution >= 4 is 17.5 Å². The number of fused-ring (bicyclic) bond motifs is 5. The first-order valence-corrected chi connectivity index (χ1v) is 11.5. The topological polar surface area (TPSA) is 113 Å². The van der Waals surface area contributed by atoms with Crippen LogP contribution in [0.1, 0.15) is 66.2 Å². The van der Waals surface area contributed by atoms with E-state index in [-0.39, 0.29) is 42.2 Å². The molecule has 0 aromatic rings. The Kier molecular flexibility index (Phi) is 5.33. The van der Waals surface area contributed by atoms with Crippen LogP contribution in [-0.2, 0) is 24.0 Å². The number of Topliss-reactive ketones (excluding diaryl/α,β-unsaturated/α-hetero) is 1. The average molecular weight is 446 g/mol. The maximum absolute atomic E-state index is 13.0. The van der Waals surface area contributed by atoms with Gasteiger partial charge in [-0.05, 0) is 63.0 Å². The van der Waals surface area contributed by atoms with Gasteiger partial charge in [0.05, 0.1) is 0 Å². The molecule has 0 aromatic heterocycles. The molecule has 3 saturated carbocycles. The largest absolute Gasteiger partial charge is 0.450 e. The quantitative estimate of drug-likeness (QED) is 0.360. The SMILES string of the molecule is CCC(=O)O[C@]1(C(C)=O)CC[C@H]2[C@@H]3CCC4=CC(=O)C=C[C@]4(C)[C@H]3[C@@H](O[N+](=O)[O-])C[C@@]21C. The van der Waals surface area contributed by atoms with E-state index in [4.69, 9.17) is 9.57 Å². The fraction of sp³-hybridized carbons (Fsp3) is 0.708. The summed E-state index contributed by atoms with van der Waals surface area (Å²) >= 11 is 0.